The number of ether oxygens (including phenoxy) is 2. The highest BCUT2D eigenvalue weighted by molar-refractivity contribution is 5.75. The third-order valence-corrected chi connectivity index (χ3v) is 7.49. The van der Waals surface area contributed by atoms with Crippen LogP contribution in [0.1, 0.15) is 97.3 Å². The molecule has 3 nitrogen and oxygen atoms in total. The summed E-state index contributed by atoms with van der Waals surface area (Å²) in [5.74, 6) is 4.19. The molecule has 0 saturated heterocycles. The molecule has 0 spiro atoms. The van der Waals surface area contributed by atoms with Crippen LogP contribution >= 0.6 is 0 Å². The summed E-state index contributed by atoms with van der Waals surface area (Å²) in [6.07, 6.45) is 16.3. The Hall–Kier alpha value is -1.51. The summed E-state index contributed by atoms with van der Waals surface area (Å²) in [7, 11) is 0. The largest absolute Gasteiger partial charge is 0.494 e. The number of hydrogen-bond donors (Lipinski definition) is 0. The molecule has 1 aromatic rings. The van der Waals surface area contributed by atoms with E-state index in [-0.39, 0.29) is 11.9 Å². The third-order valence-electron chi connectivity index (χ3n) is 7.49. The van der Waals surface area contributed by atoms with Gasteiger partial charge in [0.05, 0.1) is 12.5 Å². The third kappa shape index (κ3) is 7.32. The Bertz CT molecular complexity index is 608. The molecule has 3 heteroatoms. The van der Waals surface area contributed by atoms with Crippen LogP contribution in [0.4, 0.5) is 0 Å². The Morgan fingerprint density at radius 3 is 1.97 bits per heavy atom. The lowest BCUT2D eigenvalue weighted by Gasteiger charge is -2.28. The molecule has 2 aliphatic carbocycles. The molecular weight excluding hydrogens is 372 g/mol. The molecule has 0 heterocycles. The van der Waals surface area contributed by atoms with Crippen molar-refractivity contribution in [3.8, 4) is 11.5 Å². The maximum Gasteiger partial charge on any atom is 0.314 e. The van der Waals surface area contributed by atoms with E-state index in [1.54, 1.807) is 0 Å². The van der Waals surface area contributed by atoms with Crippen molar-refractivity contribution in [1.82, 2.24) is 0 Å². The van der Waals surface area contributed by atoms with E-state index in [9.17, 15) is 4.79 Å². The van der Waals surface area contributed by atoms with E-state index in [0.29, 0.717) is 5.75 Å². The first-order valence-electron chi connectivity index (χ1n) is 12.6. The van der Waals surface area contributed by atoms with Crippen LogP contribution in [-0.2, 0) is 4.79 Å². The van der Waals surface area contributed by atoms with Gasteiger partial charge in [-0.3, -0.25) is 4.79 Å². The van der Waals surface area contributed by atoms with Crippen molar-refractivity contribution >= 4 is 5.97 Å². The van der Waals surface area contributed by atoms with Crippen molar-refractivity contribution in [3.05, 3.63) is 24.3 Å². The van der Waals surface area contributed by atoms with E-state index in [1.807, 2.05) is 24.3 Å². The highest BCUT2D eigenvalue weighted by atomic mass is 16.5. The molecule has 0 amide bonds. The molecule has 2 aliphatic rings. The summed E-state index contributed by atoms with van der Waals surface area (Å²) in [5.41, 5.74) is 0. The number of hydrogen-bond acceptors (Lipinski definition) is 3. The average molecular weight is 415 g/mol. The average Bonchev–Trinajstić information content (AvgIpc) is 2.79. The van der Waals surface area contributed by atoms with Crippen molar-refractivity contribution in [2.75, 3.05) is 6.61 Å². The van der Waals surface area contributed by atoms with Crippen molar-refractivity contribution in [3.63, 3.8) is 0 Å². The van der Waals surface area contributed by atoms with E-state index in [2.05, 4.69) is 13.8 Å². The van der Waals surface area contributed by atoms with Crippen LogP contribution in [0, 0.1) is 23.7 Å². The van der Waals surface area contributed by atoms with Gasteiger partial charge in [0, 0.05) is 0 Å². The van der Waals surface area contributed by atoms with Crippen molar-refractivity contribution in [1.29, 1.82) is 0 Å². The minimum Gasteiger partial charge on any atom is -0.494 e. The molecule has 30 heavy (non-hydrogen) atoms. The van der Waals surface area contributed by atoms with Gasteiger partial charge in [0.25, 0.3) is 0 Å². The number of carbonyl (C=O) groups excluding carboxylic acids is 1. The van der Waals surface area contributed by atoms with E-state index < -0.39 is 0 Å². The zero-order chi connectivity index (χ0) is 21.2. The highest BCUT2D eigenvalue weighted by Gasteiger charge is 2.27. The van der Waals surface area contributed by atoms with Gasteiger partial charge in [0.2, 0.25) is 0 Å². The second-order valence-electron chi connectivity index (χ2n) is 9.68. The topological polar surface area (TPSA) is 35.5 Å². The fourth-order valence-electron chi connectivity index (χ4n) is 5.39. The highest BCUT2D eigenvalue weighted by Crippen LogP contribution is 2.34. The van der Waals surface area contributed by atoms with Gasteiger partial charge in [-0.25, -0.2) is 0 Å². The summed E-state index contributed by atoms with van der Waals surface area (Å²) in [6, 6.07) is 7.57. The Kier molecular flexibility index (Phi) is 9.55. The van der Waals surface area contributed by atoms with Crippen molar-refractivity contribution in [2.45, 2.75) is 97.3 Å². The first-order chi connectivity index (χ1) is 14.7. The van der Waals surface area contributed by atoms with Gasteiger partial charge >= 0.3 is 5.97 Å². The lowest BCUT2D eigenvalue weighted by Crippen LogP contribution is -2.25. The molecule has 0 bridgehead atoms. The second kappa shape index (κ2) is 12.4. The van der Waals surface area contributed by atoms with Gasteiger partial charge in [-0.1, -0.05) is 58.8 Å². The lowest BCUT2D eigenvalue weighted by molar-refractivity contribution is -0.140. The van der Waals surface area contributed by atoms with E-state index in [4.69, 9.17) is 9.47 Å². The van der Waals surface area contributed by atoms with Crippen LogP contribution in [0.25, 0.3) is 0 Å². The predicted molar refractivity (Wildman–Crippen MR) is 123 cm³/mol. The standard InChI is InChI=1S/C27H42O3/c1-3-6-22-8-10-23(11-9-22)7-5-20-29-25-16-18-26(19-17-25)30-27(28)24-14-12-21(4-2)13-15-24/h16-19,21-24H,3-15,20H2,1-2H3. The maximum absolute atomic E-state index is 12.4. The van der Waals surface area contributed by atoms with E-state index >= 15 is 0 Å². The molecule has 0 aromatic heterocycles. The zero-order valence-corrected chi connectivity index (χ0v) is 19.2. The SMILES string of the molecule is CCCC1CCC(CCCOc2ccc(OC(=O)C3CCC(CC)CC3)cc2)CC1. The zero-order valence-electron chi connectivity index (χ0n) is 19.2. The molecule has 0 atom stereocenters. The van der Waals surface area contributed by atoms with E-state index in [1.165, 1.54) is 51.4 Å². The van der Waals surface area contributed by atoms with Crippen molar-refractivity contribution < 1.29 is 14.3 Å². The Morgan fingerprint density at radius 1 is 0.800 bits per heavy atom. The monoisotopic (exact) mass is 414 g/mol. The molecule has 3 rings (SSSR count). The van der Waals surface area contributed by atoms with Crippen LogP contribution < -0.4 is 9.47 Å². The molecule has 0 aliphatic heterocycles. The number of rotatable bonds is 10. The smallest absolute Gasteiger partial charge is 0.314 e. The molecule has 1 aromatic carbocycles. The fraction of sp³-hybridized carbons (Fsp3) is 0.741. The Balaban J connectivity index is 1.30. The molecule has 0 unspecified atom stereocenters. The van der Waals surface area contributed by atoms with Crippen LogP contribution in [0.2, 0.25) is 0 Å². The van der Waals surface area contributed by atoms with Gasteiger partial charge in [0.15, 0.2) is 0 Å². The first kappa shape index (κ1) is 23.2. The molecule has 0 radical (unpaired) electrons. The fourth-order valence-corrected chi connectivity index (χ4v) is 5.39. The van der Waals surface area contributed by atoms with Gasteiger partial charge in [-0.2, -0.15) is 0 Å². The van der Waals surface area contributed by atoms with Crippen LogP contribution in [-0.4, -0.2) is 12.6 Å². The molecule has 2 fully saturated rings. The quantitative estimate of drug-likeness (QED) is 0.225. The molecule has 0 N–H and O–H groups in total. The number of esters is 1. The normalized spacial score (nSPS) is 26.9. The Morgan fingerprint density at radius 2 is 1.37 bits per heavy atom. The van der Waals surface area contributed by atoms with Crippen LogP contribution in [0.15, 0.2) is 24.3 Å². The maximum atomic E-state index is 12.4. The van der Waals surface area contributed by atoms with Gasteiger partial charge in [0.1, 0.15) is 11.5 Å². The van der Waals surface area contributed by atoms with Crippen LogP contribution in [0.5, 0.6) is 11.5 Å². The summed E-state index contributed by atoms with van der Waals surface area (Å²) in [5, 5.41) is 0. The first-order valence-corrected chi connectivity index (χ1v) is 12.6. The number of benzene rings is 1. The van der Waals surface area contributed by atoms with Gasteiger partial charge < -0.3 is 9.47 Å². The predicted octanol–water partition coefficient (Wildman–Crippen LogP) is 7.57. The minimum absolute atomic E-state index is 0.0631. The van der Waals surface area contributed by atoms with Crippen LogP contribution in [0.3, 0.4) is 0 Å². The molecule has 2 saturated carbocycles. The minimum atomic E-state index is -0.0631. The van der Waals surface area contributed by atoms with Crippen molar-refractivity contribution in [2.24, 2.45) is 23.7 Å². The lowest BCUT2D eigenvalue weighted by atomic mass is 9.78. The summed E-state index contributed by atoms with van der Waals surface area (Å²) < 4.78 is 11.5. The summed E-state index contributed by atoms with van der Waals surface area (Å²) in [6.45, 7) is 5.32. The van der Waals surface area contributed by atoms with Gasteiger partial charge in [-0.15, -0.1) is 0 Å². The molecule has 168 valence electrons. The second-order valence-corrected chi connectivity index (χ2v) is 9.68. The Labute approximate surface area is 183 Å². The molecular formula is C27H42O3. The number of carbonyl (C=O) groups is 1. The summed E-state index contributed by atoms with van der Waals surface area (Å²) >= 11 is 0. The summed E-state index contributed by atoms with van der Waals surface area (Å²) in [4.78, 5) is 12.4. The van der Waals surface area contributed by atoms with E-state index in [0.717, 1.165) is 62.2 Å². The van der Waals surface area contributed by atoms with Gasteiger partial charge in [-0.05, 0) is 80.5 Å².